The third-order valence-corrected chi connectivity index (χ3v) is 4.42. The highest BCUT2D eigenvalue weighted by Crippen LogP contribution is 2.25. The first kappa shape index (κ1) is 15.3. The van der Waals surface area contributed by atoms with Crippen molar-refractivity contribution in [1.82, 2.24) is 0 Å². The minimum Gasteiger partial charge on any atom is -0.330 e. The number of benzene rings is 2. The molecule has 0 heterocycles. The van der Waals surface area contributed by atoms with Gasteiger partial charge in [0.15, 0.2) is 0 Å². The number of aryl methyl sites for hydroxylation is 1. The lowest BCUT2D eigenvalue weighted by Crippen LogP contribution is -2.28. The van der Waals surface area contributed by atoms with Crippen molar-refractivity contribution in [1.29, 1.82) is 0 Å². The molecular weight excluding hydrogens is 310 g/mol. The molecule has 0 saturated carbocycles. The van der Waals surface area contributed by atoms with Gasteiger partial charge in [0.05, 0.1) is 0 Å². The van der Waals surface area contributed by atoms with Crippen LogP contribution >= 0.6 is 15.9 Å². The van der Waals surface area contributed by atoms with Crippen molar-refractivity contribution in [3.05, 3.63) is 69.2 Å². The third kappa shape index (κ3) is 3.50. The van der Waals surface area contributed by atoms with Crippen LogP contribution < -0.4 is 5.73 Å². The highest BCUT2D eigenvalue weighted by molar-refractivity contribution is 9.10. The van der Waals surface area contributed by atoms with Gasteiger partial charge in [-0.2, -0.15) is 0 Å². The zero-order chi connectivity index (χ0) is 14.8. The van der Waals surface area contributed by atoms with E-state index in [1.54, 1.807) is 0 Å². The molecule has 0 fully saturated rings. The van der Waals surface area contributed by atoms with Crippen LogP contribution in [0.3, 0.4) is 0 Å². The van der Waals surface area contributed by atoms with Crippen LogP contribution in [0.2, 0.25) is 0 Å². The molecule has 0 spiro atoms. The molecule has 1 nitrogen and oxygen atoms in total. The Balaban J connectivity index is 2.31. The van der Waals surface area contributed by atoms with Crippen LogP contribution in [0.1, 0.15) is 36.1 Å². The molecule has 0 atom stereocenters. The van der Waals surface area contributed by atoms with E-state index in [-0.39, 0.29) is 5.41 Å². The van der Waals surface area contributed by atoms with E-state index >= 15 is 0 Å². The first-order chi connectivity index (χ1) is 9.42. The normalized spacial score (nSPS) is 11.7. The fraction of sp³-hybridized carbons (Fsp3) is 0.333. The monoisotopic (exact) mass is 331 g/mol. The zero-order valence-corrected chi connectivity index (χ0v) is 14.0. The summed E-state index contributed by atoms with van der Waals surface area (Å²) in [7, 11) is 0. The van der Waals surface area contributed by atoms with Gasteiger partial charge in [0.1, 0.15) is 0 Å². The highest BCUT2D eigenvalue weighted by atomic mass is 79.9. The Morgan fingerprint density at radius 2 is 1.85 bits per heavy atom. The molecule has 0 aromatic heterocycles. The molecule has 0 amide bonds. The van der Waals surface area contributed by atoms with Crippen LogP contribution in [0.15, 0.2) is 46.9 Å². The second-order valence-electron chi connectivity index (χ2n) is 6.04. The van der Waals surface area contributed by atoms with Crippen LogP contribution in [-0.2, 0) is 11.8 Å². The zero-order valence-electron chi connectivity index (χ0n) is 12.4. The Morgan fingerprint density at radius 1 is 1.10 bits per heavy atom. The summed E-state index contributed by atoms with van der Waals surface area (Å²) in [4.78, 5) is 0. The molecule has 0 radical (unpaired) electrons. The Kier molecular flexibility index (Phi) is 4.66. The van der Waals surface area contributed by atoms with Crippen LogP contribution in [0, 0.1) is 6.92 Å². The van der Waals surface area contributed by atoms with E-state index in [0.29, 0.717) is 6.54 Å². The van der Waals surface area contributed by atoms with Crippen molar-refractivity contribution >= 4 is 15.9 Å². The average molecular weight is 332 g/mol. The maximum Gasteiger partial charge on any atom is 0.0178 e. The number of hydrogen-bond acceptors (Lipinski definition) is 1. The molecule has 0 aliphatic carbocycles. The Hall–Kier alpha value is -1.12. The van der Waals surface area contributed by atoms with Gasteiger partial charge in [-0.25, -0.2) is 0 Å². The lowest BCUT2D eigenvalue weighted by Gasteiger charge is -2.23. The standard InChI is InChI=1S/C18H22BrN/c1-13-7-8-17(19)11-15(13)9-14-5-4-6-16(10-14)18(2,3)12-20/h4-8,10-11H,9,12,20H2,1-3H3. The molecule has 2 aromatic carbocycles. The van der Waals surface area contributed by atoms with E-state index in [4.69, 9.17) is 5.73 Å². The van der Waals surface area contributed by atoms with Crippen molar-refractivity contribution in [2.45, 2.75) is 32.6 Å². The molecule has 2 heteroatoms. The minimum atomic E-state index is 0.0301. The van der Waals surface area contributed by atoms with E-state index in [0.717, 1.165) is 10.9 Å². The molecular formula is C18H22BrN. The van der Waals surface area contributed by atoms with Crippen molar-refractivity contribution in [2.75, 3.05) is 6.54 Å². The summed E-state index contributed by atoms with van der Waals surface area (Å²) < 4.78 is 1.14. The predicted molar refractivity (Wildman–Crippen MR) is 90.2 cm³/mol. The van der Waals surface area contributed by atoms with Gasteiger partial charge in [-0.1, -0.05) is 60.1 Å². The van der Waals surface area contributed by atoms with Crippen molar-refractivity contribution < 1.29 is 0 Å². The molecule has 0 aliphatic rings. The van der Waals surface area contributed by atoms with E-state index < -0.39 is 0 Å². The van der Waals surface area contributed by atoms with Crippen LogP contribution in [0.4, 0.5) is 0 Å². The summed E-state index contributed by atoms with van der Waals surface area (Å²) in [6, 6.07) is 15.2. The Bertz CT molecular complexity index is 602. The average Bonchev–Trinajstić information content (AvgIpc) is 2.43. The van der Waals surface area contributed by atoms with E-state index in [9.17, 15) is 0 Å². The largest absolute Gasteiger partial charge is 0.330 e. The summed E-state index contributed by atoms with van der Waals surface area (Å²) in [6.07, 6.45) is 0.958. The molecule has 2 N–H and O–H groups in total. The Labute approximate surface area is 130 Å². The third-order valence-electron chi connectivity index (χ3n) is 3.92. The molecule has 0 unspecified atom stereocenters. The quantitative estimate of drug-likeness (QED) is 0.871. The molecule has 2 aromatic rings. The minimum absolute atomic E-state index is 0.0301. The SMILES string of the molecule is Cc1ccc(Br)cc1Cc1cccc(C(C)(C)CN)c1. The number of rotatable bonds is 4. The molecule has 20 heavy (non-hydrogen) atoms. The van der Waals surface area contributed by atoms with E-state index in [2.05, 4.69) is 79.2 Å². The summed E-state index contributed by atoms with van der Waals surface area (Å²) in [5, 5.41) is 0. The number of nitrogens with two attached hydrogens (primary N) is 1. The molecule has 2 rings (SSSR count). The molecule has 106 valence electrons. The van der Waals surface area contributed by atoms with Crippen molar-refractivity contribution in [3.8, 4) is 0 Å². The van der Waals surface area contributed by atoms with Gasteiger partial charge in [0, 0.05) is 16.4 Å². The number of halogens is 1. The maximum atomic E-state index is 5.88. The predicted octanol–water partition coefficient (Wildman–Crippen LogP) is 4.58. The lowest BCUT2D eigenvalue weighted by atomic mass is 9.83. The fourth-order valence-electron chi connectivity index (χ4n) is 2.27. The van der Waals surface area contributed by atoms with Gasteiger partial charge in [0.2, 0.25) is 0 Å². The fourth-order valence-corrected chi connectivity index (χ4v) is 2.68. The highest BCUT2D eigenvalue weighted by Gasteiger charge is 2.18. The van der Waals surface area contributed by atoms with E-state index in [1.165, 1.54) is 22.3 Å². The molecule has 0 bridgehead atoms. The lowest BCUT2D eigenvalue weighted by molar-refractivity contribution is 0.538. The Morgan fingerprint density at radius 3 is 2.55 bits per heavy atom. The van der Waals surface area contributed by atoms with Gasteiger partial charge < -0.3 is 5.73 Å². The first-order valence-electron chi connectivity index (χ1n) is 6.97. The topological polar surface area (TPSA) is 26.0 Å². The second-order valence-corrected chi connectivity index (χ2v) is 6.95. The van der Waals surface area contributed by atoms with Gasteiger partial charge >= 0.3 is 0 Å². The molecule has 0 saturated heterocycles. The summed E-state index contributed by atoms with van der Waals surface area (Å²) in [5.41, 5.74) is 11.3. The number of hydrogen-bond donors (Lipinski definition) is 1. The van der Waals surface area contributed by atoms with Crippen molar-refractivity contribution in [3.63, 3.8) is 0 Å². The van der Waals surface area contributed by atoms with Crippen LogP contribution in [-0.4, -0.2) is 6.54 Å². The maximum absolute atomic E-state index is 5.88. The van der Waals surface area contributed by atoms with Crippen LogP contribution in [0.25, 0.3) is 0 Å². The van der Waals surface area contributed by atoms with Gasteiger partial charge in [0.25, 0.3) is 0 Å². The van der Waals surface area contributed by atoms with Crippen LogP contribution in [0.5, 0.6) is 0 Å². The van der Waals surface area contributed by atoms with E-state index in [1.807, 2.05) is 0 Å². The van der Waals surface area contributed by atoms with Crippen molar-refractivity contribution in [2.24, 2.45) is 5.73 Å². The van der Waals surface area contributed by atoms with Gasteiger partial charge in [-0.05, 0) is 47.7 Å². The summed E-state index contributed by atoms with van der Waals surface area (Å²) in [6.45, 7) is 7.20. The summed E-state index contributed by atoms with van der Waals surface area (Å²) in [5.74, 6) is 0. The van der Waals surface area contributed by atoms with Gasteiger partial charge in [-0.15, -0.1) is 0 Å². The smallest absolute Gasteiger partial charge is 0.0178 e. The second kappa shape index (κ2) is 6.11. The summed E-state index contributed by atoms with van der Waals surface area (Å²) >= 11 is 3.55. The van der Waals surface area contributed by atoms with Gasteiger partial charge in [-0.3, -0.25) is 0 Å². The first-order valence-corrected chi connectivity index (χ1v) is 7.76. The molecule has 0 aliphatic heterocycles.